The Labute approximate surface area is 143 Å². The maximum absolute atomic E-state index is 12.7. The van der Waals surface area contributed by atoms with E-state index < -0.39 is 0 Å². The molecule has 4 rings (SSSR count). The summed E-state index contributed by atoms with van der Waals surface area (Å²) in [4.78, 5) is 34.3. The third kappa shape index (κ3) is 2.84. The lowest BCUT2D eigenvalue weighted by Gasteiger charge is -2.28. The van der Waals surface area contributed by atoms with Crippen LogP contribution in [0.4, 0.5) is 5.69 Å². The summed E-state index contributed by atoms with van der Waals surface area (Å²) in [7, 11) is 0. The topological polar surface area (TPSA) is 88.3 Å². The van der Waals surface area contributed by atoms with Crippen LogP contribution in [-0.4, -0.2) is 33.2 Å². The number of oxazole rings is 1. The Morgan fingerprint density at radius 3 is 3.00 bits per heavy atom. The highest BCUT2D eigenvalue weighted by atomic mass is 16.3. The second kappa shape index (κ2) is 6.01. The normalized spacial score (nSPS) is 13.6. The molecule has 2 aromatic heterocycles. The molecule has 0 atom stereocenters. The number of fused-ring (bicyclic) bond motifs is 2. The van der Waals surface area contributed by atoms with Gasteiger partial charge < -0.3 is 14.6 Å². The summed E-state index contributed by atoms with van der Waals surface area (Å²) < 4.78 is 5.20. The summed E-state index contributed by atoms with van der Waals surface area (Å²) in [6.45, 7) is 2.65. The highest BCUT2D eigenvalue weighted by Gasteiger charge is 2.23. The first-order chi connectivity index (χ1) is 12.1. The van der Waals surface area contributed by atoms with E-state index in [9.17, 15) is 9.59 Å². The van der Waals surface area contributed by atoms with E-state index in [1.807, 2.05) is 0 Å². The summed E-state index contributed by atoms with van der Waals surface area (Å²) in [5, 5.41) is 2.88. The fraction of sp³-hybridized carbons (Fsp3) is 0.222. The Morgan fingerprint density at radius 2 is 2.16 bits per heavy atom. The van der Waals surface area contributed by atoms with Gasteiger partial charge in [0, 0.05) is 38.1 Å². The molecule has 7 heteroatoms. The largest absolute Gasteiger partial charge is 0.443 e. The molecule has 0 aliphatic carbocycles. The molecule has 0 unspecified atom stereocenters. The van der Waals surface area contributed by atoms with Crippen molar-refractivity contribution >= 4 is 28.6 Å². The summed E-state index contributed by atoms with van der Waals surface area (Å²) in [6, 6.07) is 5.30. The maximum atomic E-state index is 12.7. The second-order valence-electron chi connectivity index (χ2n) is 6.00. The van der Waals surface area contributed by atoms with Crippen LogP contribution in [0, 0.1) is 0 Å². The Balaban J connectivity index is 1.60. The number of nitrogens with one attached hydrogen (secondary N) is 1. The van der Waals surface area contributed by atoms with Gasteiger partial charge >= 0.3 is 0 Å². The van der Waals surface area contributed by atoms with E-state index in [-0.39, 0.29) is 11.8 Å². The zero-order valence-electron chi connectivity index (χ0n) is 13.7. The van der Waals surface area contributed by atoms with Gasteiger partial charge in [0.25, 0.3) is 5.91 Å². The standard InChI is InChI=1S/C18H16N4O3/c1-11(23)22-5-4-14-12(9-22)7-19-8-15(14)18(24)21-13-2-3-17-16(6-13)20-10-25-17/h2-3,6-8,10H,4-5,9H2,1H3,(H,21,24). The molecule has 7 nitrogen and oxygen atoms in total. The van der Waals surface area contributed by atoms with Crippen LogP contribution in [0.2, 0.25) is 0 Å². The smallest absolute Gasteiger partial charge is 0.257 e. The van der Waals surface area contributed by atoms with Crippen molar-refractivity contribution in [1.29, 1.82) is 0 Å². The molecule has 0 saturated heterocycles. The Bertz CT molecular complexity index is 979. The minimum absolute atomic E-state index is 0.0291. The zero-order valence-corrected chi connectivity index (χ0v) is 13.7. The fourth-order valence-corrected chi connectivity index (χ4v) is 3.09. The number of hydrogen-bond donors (Lipinski definition) is 1. The number of carbonyl (C=O) groups is 2. The number of carbonyl (C=O) groups excluding carboxylic acids is 2. The van der Waals surface area contributed by atoms with Gasteiger partial charge in [0.2, 0.25) is 5.91 Å². The van der Waals surface area contributed by atoms with Crippen molar-refractivity contribution in [3.63, 3.8) is 0 Å². The molecule has 0 spiro atoms. The summed E-state index contributed by atoms with van der Waals surface area (Å²) in [6.07, 6.45) is 5.31. The average Bonchev–Trinajstić information content (AvgIpc) is 3.08. The molecule has 0 saturated carbocycles. The molecular weight excluding hydrogens is 320 g/mol. The van der Waals surface area contributed by atoms with Crippen LogP contribution in [0.5, 0.6) is 0 Å². The lowest BCUT2D eigenvalue weighted by molar-refractivity contribution is -0.129. The molecule has 0 radical (unpaired) electrons. The van der Waals surface area contributed by atoms with E-state index in [1.165, 1.54) is 6.39 Å². The minimum atomic E-state index is -0.219. The lowest BCUT2D eigenvalue weighted by Crippen LogP contribution is -2.35. The number of nitrogens with zero attached hydrogens (tertiary/aromatic N) is 3. The first-order valence-corrected chi connectivity index (χ1v) is 7.97. The lowest BCUT2D eigenvalue weighted by atomic mass is 9.96. The van der Waals surface area contributed by atoms with Crippen molar-refractivity contribution in [2.24, 2.45) is 0 Å². The molecule has 1 aliphatic rings. The van der Waals surface area contributed by atoms with Gasteiger partial charge in [-0.2, -0.15) is 0 Å². The molecule has 3 aromatic rings. The van der Waals surface area contributed by atoms with Crippen molar-refractivity contribution in [2.45, 2.75) is 19.9 Å². The third-order valence-corrected chi connectivity index (χ3v) is 4.42. The van der Waals surface area contributed by atoms with Crippen molar-refractivity contribution in [1.82, 2.24) is 14.9 Å². The van der Waals surface area contributed by atoms with Crippen molar-refractivity contribution in [2.75, 3.05) is 11.9 Å². The Morgan fingerprint density at radius 1 is 1.28 bits per heavy atom. The van der Waals surface area contributed by atoms with Crippen LogP contribution in [0.15, 0.2) is 41.4 Å². The quantitative estimate of drug-likeness (QED) is 0.776. The summed E-state index contributed by atoms with van der Waals surface area (Å²) in [5.41, 5.74) is 4.41. The van der Waals surface area contributed by atoms with Crippen LogP contribution in [-0.2, 0) is 17.8 Å². The fourth-order valence-electron chi connectivity index (χ4n) is 3.09. The van der Waals surface area contributed by atoms with Crippen molar-refractivity contribution in [3.05, 3.63) is 53.7 Å². The van der Waals surface area contributed by atoms with Gasteiger partial charge in [-0.1, -0.05) is 0 Å². The predicted molar refractivity (Wildman–Crippen MR) is 91.0 cm³/mol. The third-order valence-electron chi connectivity index (χ3n) is 4.42. The number of anilines is 1. The zero-order chi connectivity index (χ0) is 17.4. The molecule has 0 bridgehead atoms. The number of amides is 2. The second-order valence-corrected chi connectivity index (χ2v) is 6.00. The monoisotopic (exact) mass is 336 g/mol. The molecule has 2 amide bonds. The van der Waals surface area contributed by atoms with Gasteiger partial charge in [-0.05, 0) is 35.7 Å². The Hall–Kier alpha value is -3.22. The van der Waals surface area contributed by atoms with Crippen LogP contribution >= 0.6 is 0 Å². The first-order valence-electron chi connectivity index (χ1n) is 7.97. The molecule has 3 heterocycles. The average molecular weight is 336 g/mol. The van der Waals surface area contributed by atoms with E-state index in [2.05, 4.69) is 15.3 Å². The van der Waals surface area contributed by atoms with E-state index in [1.54, 1.807) is 42.4 Å². The molecule has 1 aliphatic heterocycles. The molecule has 1 N–H and O–H groups in total. The van der Waals surface area contributed by atoms with Crippen LogP contribution in [0.1, 0.15) is 28.4 Å². The maximum Gasteiger partial charge on any atom is 0.257 e. The van der Waals surface area contributed by atoms with Gasteiger partial charge in [0.1, 0.15) is 5.52 Å². The number of aromatic nitrogens is 2. The molecule has 126 valence electrons. The number of hydrogen-bond acceptors (Lipinski definition) is 5. The Kier molecular flexibility index (Phi) is 3.68. The van der Waals surface area contributed by atoms with E-state index >= 15 is 0 Å². The summed E-state index contributed by atoms with van der Waals surface area (Å²) >= 11 is 0. The molecule has 1 aromatic carbocycles. The van der Waals surface area contributed by atoms with Crippen LogP contribution < -0.4 is 5.32 Å². The van der Waals surface area contributed by atoms with Gasteiger partial charge in [0.05, 0.1) is 5.56 Å². The van der Waals surface area contributed by atoms with E-state index in [0.717, 1.165) is 11.1 Å². The highest BCUT2D eigenvalue weighted by Crippen LogP contribution is 2.23. The minimum Gasteiger partial charge on any atom is -0.443 e. The van der Waals surface area contributed by atoms with Gasteiger partial charge in [-0.15, -0.1) is 0 Å². The number of pyridine rings is 1. The van der Waals surface area contributed by atoms with Crippen molar-refractivity contribution < 1.29 is 14.0 Å². The van der Waals surface area contributed by atoms with Gasteiger partial charge in [0.15, 0.2) is 12.0 Å². The molecule has 25 heavy (non-hydrogen) atoms. The van der Waals surface area contributed by atoms with Gasteiger partial charge in [-0.25, -0.2) is 4.98 Å². The van der Waals surface area contributed by atoms with Crippen molar-refractivity contribution in [3.8, 4) is 0 Å². The van der Waals surface area contributed by atoms with Gasteiger partial charge in [-0.3, -0.25) is 14.6 Å². The van der Waals surface area contributed by atoms with Crippen LogP contribution in [0.3, 0.4) is 0 Å². The summed E-state index contributed by atoms with van der Waals surface area (Å²) in [5.74, 6) is -0.190. The molecular formula is C18H16N4O3. The van der Waals surface area contributed by atoms with E-state index in [0.29, 0.717) is 41.9 Å². The van der Waals surface area contributed by atoms with Crippen LogP contribution in [0.25, 0.3) is 11.1 Å². The number of benzene rings is 1. The first kappa shape index (κ1) is 15.3. The SMILES string of the molecule is CC(=O)N1CCc2c(cncc2C(=O)Nc2ccc3ocnc3c2)C1. The van der Waals surface area contributed by atoms with E-state index in [4.69, 9.17) is 4.42 Å². The molecule has 0 fully saturated rings. The predicted octanol–water partition coefficient (Wildman–Crippen LogP) is 2.38. The highest BCUT2D eigenvalue weighted by molar-refractivity contribution is 6.06. The number of rotatable bonds is 2.